The summed E-state index contributed by atoms with van der Waals surface area (Å²) in [5.41, 5.74) is 0.645. The molecule has 2 N–H and O–H groups in total. The first-order valence-electron chi connectivity index (χ1n) is 4.12. The Labute approximate surface area is 68.3 Å². The Bertz CT molecular complexity index is 147. The predicted octanol–water partition coefficient (Wildman–Crippen LogP) is 1.07. The molecule has 1 fully saturated rings. The van der Waals surface area contributed by atoms with Gasteiger partial charge in [-0.3, -0.25) is 0 Å². The van der Waals surface area contributed by atoms with Crippen molar-refractivity contribution in [1.82, 2.24) is 5.32 Å². The highest BCUT2D eigenvalue weighted by Crippen LogP contribution is 2.19. The summed E-state index contributed by atoms with van der Waals surface area (Å²) < 4.78 is 0. The van der Waals surface area contributed by atoms with E-state index in [9.17, 15) is 5.11 Å². The van der Waals surface area contributed by atoms with E-state index < -0.39 is 5.60 Å². The molecular formula is C9H17NO. The third-order valence-electron chi connectivity index (χ3n) is 2.24. The van der Waals surface area contributed by atoms with Crippen molar-refractivity contribution < 1.29 is 5.11 Å². The molecule has 0 aromatic carbocycles. The molecular weight excluding hydrogens is 138 g/mol. The van der Waals surface area contributed by atoms with E-state index in [0.717, 1.165) is 19.4 Å². The Kier molecular flexibility index (Phi) is 2.35. The first kappa shape index (κ1) is 8.75. The molecule has 11 heavy (non-hydrogen) atoms. The number of nitrogens with one attached hydrogen (secondary N) is 1. The molecule has 1 aliphatic rings. The molecule has 2 heteroatoms. The number of hydrogen-bond acceptors (Lipinski definition) is 2. The smallest absolute Gasteiger partial charge is 0.0744 e. The van der Waals surface area contributed by atoms with Crippen molar-refractivity contribution >= 4 is 0 Å². The van der Waals surface area contributed by atoms with Gasteiger partial charge in [0.1, 0.15) is 0 Å². The molecule has 0 aliphatic carbocycles. The highest BCUT2D eigenvalue weighted by atomic mass is 16.3. The summed E-state index contributed by atoms with van der Waals surface area (Å²) >= 11 is 0. The van der Waals surface area contributed by atoms with Crippen molar-refractivity contribution in [2.75, 3.05) is 6.54 Å². The molecule has 0 aromatic rings. The lowest BCUT2D eigenvalue weighted by atomic mass is 9.90. The lowest BCUT2D eigenvalue weighted by Crippen LogP contribution is -2.49. The monoisotopic (exact) mass is 155 g/mol. The molecule has 0 amide bonds. The highest BCUT2D eigenvalue weighted by molar-refractivity contribution is 5.04. The van der Waals surface area contributed by atoms with Gasteiger partial charge in [-0.1, -0.05) is 12.2 Å². The predicted molar refractivity (Wildman–Crippen MR) is 46.5 cm³/mol. The van der Waals surface area contributed by atoms with Gasteiger partial charge in [-0.05, 0) is 26.7 Å². The lowest BCUT2D eigenvalue weighted by molar-refractivity contribution is 0.0320. The van der Waals surface area contributed by atoms with Gasteiger partial charge < -0.3 is 10.4 Å². The molecule has 1 heterocycles. The van der Waals surface area contributed by atoms with Crippen LogP contribution in [0.4, 0.5) is 0 Å². The Morgan fingerprint density at radius 1 is 1.64 bits per heavy atom. The van der Waals surface area contributed by atoms with Crippen LogP contribution in [0.2, 0.25) is 0 Å². The molecule has 0 bridgehead atoms. The number of piperidine rings is 1. The van der Waals surface area contributed by atoms with Gasteiger partial charge in [-0.2, -0.15) is 0 Å². The van der Waals surface area contributed by atoms with Crippen LogP contribution >= 0.6 is 0 Å². The third-order valence-corrected chi connectivity index (χ3v) is 2.24. The fourth-order valence-corrected chi connectivity index (χ4v) is 1.41. The maximum atomic E-state index is 9.64. The van der Waals surface area contributed by atoms with Crippen molar-refractivity contribution in [3.63, 3.8) is 0 Å². The van der Waals surface area contributed by atoms with Crippen LogP contribution in [0.5, 0.6) is 0 Å². The zero-order valence-corrected chi connectivity index (χ0v) is 7.35. The largest absolute Gasteiger partial charge is 0.389 e. The summed E-state index contributed by atoms with van der Waals surface area (Å²) in [5, 5.41) is 12.9. The quantitative estimate of drug-likeness (QED) is 0.555. The summed E-state index contributed by atoms with van der Waals surface area (Å²) in [6.45, 7) is 8.43. The third kappa shape index (κ3) is 2.31. The highest BCUT2D eigenvalue weighted by Gasteiger charge is 2.28. The SMILES string of the molecule is C=C1CCC(C(C)(C)O)NC1. The Hall–Kier alpha value is -0.340. The van der Waals surface area contributed by atoms with Gasteiger partial charge in [-0.15, -0.1) is 0 Å². The van der Waals surface area contributed by atoms with E-state index in [1.807, 2.05) is 13.8 Å². The average molecular weight is 155 g/mol. The van der Waals surface area contributed by atoms with Crippen molar-refractivity contribution in [2.24, 2.45) is 0 Å². The fraction of sp³-hybridized carbons (Fsp3) is 0.778. The summed E-state index contributed by atoms with van der Waals surface area (Å²) in [6.07, 6.45) is 2.05. The first-order chi connectivity index (χ1) is 5.00. The van der Waals surface area contributed by atoms with Gasteiger partial charge in [0.25, 0.3) is 0 Å². The van der Waals surface area contributed by atoms with Crippen LogP contribution in [0, 0.1) is 0 Å². The summed E-state index contributed by atoms with van der Waals surface area (Å²) in [7, 11) is 0. The van der Waals surface area contributed by atoms with Gasteiger partial charge in [0.2, 0.25) is 0 Å². The molecule has 0 aromatic heterocycles. The summed E-state index contributed by atoms with van der Waals surface area (Å²) in [6, 6.07) is 0.230. The molecule has 1 rings (SSSR count). The molecule has 64 valence electrons. The fourth-order valence-electron chi connectivity index (χ4n) is 1.41. The van der Waals surface area contributed by atoms with E-state index in [4.69, 9.17) is 0 Å². The molecule has 1 aliphatic heterocycles. The number of hydrogen-bond donors (Lipinski definition) is 2. The van der Waals surface area contributed by atoms with Gasteiger partial charge in [0, 0.05) is 12.6 Å². The molecule has 1 atom stereocenters. The summed E-state index contributed by atoms with van der Waals surface area (Å²) in [4.78, 5) is 0. The van der Waals surface area contributed by atoms with Crippen LogP contribution in [0.25, 0.3) is 0 Å². The number of rotatable bonds is 1. The molecule has 0 spiro atoms. The second-order valence-electron chi connectivity index (χ2n) is 3.88. The van der Waals surface area contributed by atoms with E-state index in [1.54, 1.807) is 0 Å². The zero-order chi connectivity index (χ0) is 8.48. The molecule has 2 nitrogen and oxygen atoms in total. The number of aliphatic hydroxyl groups is 1. The van der Waals surface area contributed by atoms with E-state index in [-0.39, 0.29) is 6.04 Å². The zero-order valence-electron chi connectivity index (χ0n) is 7.35. The van der Waals surface area contributed by atoms with Gasteiger partial charge in [-0.25, -0.2) is 0 Å². The van der Waals surface area contributed by atoms with Gasteiger partial charge >= 0.3 is 0 Å². The van der Waals surface area contributed by atoms with E-state index in [0.29, 0.717) is 0 Å². The second-order valence-corrected chi connectivity index (χ2v) is 3.88. The average Bonchev–Trinajstić information content (AvgIpc) is 1.86. The van der Waals surface area contributed by atoms with Crippen LogP contribution < -0.4 is 5.32 Å². The van der Waals surface area contributed by atoms with Crippen LogP contribution in [0.1, 0.15) is 26.7 Å². The molecule has 1 saturated heterocycles. The van der Waals surface area contributed by atoms with E-state index in [2.05, 4.69) is 11.9 Å². The van der Waals surface area contributed by atoms with Gasteiger partial charge in [0.05, 0.1) is 5.60 Å². The second kappa shape index (κ2) is 2.95. The lowest BCUT2D eigenvalue weighted by Gasteiger charge is -2.34. The minimum atomic E-state index is -0.597. The van der Waals surface area contributed by atoms with Crippen LogP contribution in [-0.4, -0.2) is 23.3 Å². The Morgan fingerprint density at radius 2 is 2.27 bits per heavy atom. The van der Waals surface area contributed by atoms with Crippen LogP contribution in [0.3, 0.4) is 0 Å². The maximum absolute atomic E-state index is 9.64. The van der Waals surface area contributed by atoms with Crippen LogP contribution in [0.15, 0.2) is 12.2 Å². The Morgan fingerprint density at radius 3 is 2.64 bits per heavy atom. The topological polar surface area (TPSA) is 32.3 Å². The van der Waals surface area contributed by atoms with E-state index >= 15 is 0 Å². The van der Waals surface area contributed by atoms with E-state index in [1.165, 1.54) is 5.57 Å². The molecule has 0 radical (unpaired) electrons. The normalized spacial score (nSPS) is 27.2. The standard InChI is InChI=1S/C9H17NO/c1-7-4-5-8(10-6-7)9(2,3)11/h8,10-11H,1,4-6H2,2-3H3. The van der Waals surface area contributed by atoms with Crippen molar-refractivity contribution in [1.29, 1.82) is 0 Å². The van der Waals surface area contributed by atoms with Crippen molar-refractivity contribution in [2.45, 2.75) is 38.3 Å². The minimum absolute atomic E-state index is 0.230. The molecule has 1 unspecified atom stereocenters. The van der Waals surface area contributed by atoms with Crippen LogP contribution in [-0.2, 0) is 0 Å². The van der Waals surface area contributed by atoms with Gasteiger partial charge in [0.15, 0.2) is 0 Å². The minimum Gasteiger partial charge on any atom is -0.389 e. The van der Waals surface area contributed by atoms with Crippen molar-refractivity contribution in [3.8, 4) is 0 Å². The summed E-state index contributed by atoms with van der Waals surface area (Å²) in [5.74, 6) is 0. The Balaban J connectivity index is 2.45. The first-order valence-corrected chi connectivity index (χ1v) is 4.12. The molecule has 0 saturated carbocycles. The maximum Gasteiger partial charge on any atom is 0.0744 e. The van der Waals surface area contributed by atoms with Crippen molar-refractivity contribution in [3.05, 3.63) is 12.2 Å².